The van der Waals surface area contributed by atoms with Gasteiger partial charge in [0.1, 0.15) is 5.82 Å². The normalized spacial score (nSPS) is 10.2. The van der Waals surface area contributed by atoms with Crippen molar-refractivity contribution in [1.29, 1.82) is 0 Å². The predicted octanol–water partition coefficient (Wildman–Crippen LogP) is 4.37. The van der Waals surface area contributed by atoms with Gasteiger partial charge in [0.15, 0.2) is 11.6 Å². The van der Waals surface area contributed by atoms with E-state index >= 15 is 0 Å². The van der Waals surface area contributed by atoms with Crippen LogP contribution in [-0.2, 0) is 0 Å². The number of benzene rings is 2. The van der Waals surface area contributed by atoms with Crippen LogP contribution in [0.2, 0.25) is 0 Å². The Kier molecular flexibility index (Phi) is 4.81. The molecule has 0 radical (unpaired) electrons. The summed E-state index contributed by atoms with van der Waals surface area (Å²) in [6.45, 7) is 0. The van der Waals surface area contributed by atoms with Crippen molar-refractivity contribution in [3.05, 3.63) is 76.5 Å². The Bertz CT molecular complexity index is 853. The molecule has 0 saturated carbocycles. The second-order valence-corrected chi connectivity index (χ2v) is 5.82. The lowest BCUT2D eigenvalue weighted by Crippen LogP contribution is -2.13. The van der Waals surface area contributed by atoms with E-state index in [2.05, 4.69) is 36.8 Å². The van der Waals surface area contributed by atoms with Crippen LogP contribution in [0.3, 0.4) is 0 Å². The summed E-state index contributed by atoms with van der Waals surface area (Å²) in [5.41, 5.74) is 1.20. The van der Waals surface area contributed by atoms with Crippen LogP contribution >= 0.6 is 15.9 Å². The predicted molar refractivity (Wildman–Crippen MR) is 93.8 cm³/mol. The van der Waals surface area contributed by atoms with E-state index in [-0.39, 0.29) is 11.7 Å². The maximum absolute atomic E-state index is 12.9. The summed E-state index contributed by atoms with van der Waals surface area (Å²) in [6, 6.07) is 16.2. The minimum absolute atomic E-state index is 0.273. The topological polar surface area (TPSA) is 66.9 Å². The van der Waals surface area contributed by atoms with Gasteiger partial charge in [-0.15, -0.1) is 10.2 Å². The van der Waals surface area contributed by atoms with Crippen LogP contribution in [0.1, 0.15) is 10.4 Å². The van der Waals surface area contributed by atoms with Crippen molar-refractivity contribution in [1.82, 2.24) is 10.2 Å². The molecule has 2 N–H and O–H groups in total. The molecular weight excluding hydrogens is 375 g/mol. The quantitative estimate of drug-likeness (QED) is 0.698. The zero-order valence-corrected chi connectivity index (χ0v) is 13.9. The highest BCUT2D eigenvalue weighted by atomic mass is 79.9. The molecule has 0 bridgehead atoms. The van der Waals surface area contributed by atoms with Gasteiger partial charge < -0.3 is 10.6 Å². The molecule has 1 aromatic heterocycles. The summed E-state index contributed by atoms with van der Waals surface area (Å²) in [7, 11) is 0. The molecule has 0 fully saturated rings. The van der Waals surface area contributed by atoms with E-state index in [4.69, 9.17) is 0 Å². The molecule has 5 nitrogen and oxygen atoms in total. The van der Waals surface area contributed by atoms with Crippen molar-refractivity contribution in [2.24, 2.45) is 0 Å². The Hall–Kier alpha value is -2.80. The molecule has 2 aromatic carbocycles. The third-order valence-corrected chi connectivity index (χ3v) is 3.60. The number of halogens is 2. The minimum Gasteiger partial charge on any atom is -0.339 e. The lowest BCUT2D eigenvalue weighted by atomic mass is 10.2. The van der Waals surface area contributed by atoms with E-state index in [0.29, 0.717) is 22.9 Å². The maximum atomic E-state index is 12.9. The summed E-state index contributed by atoms with van der Waals surface area (Å²) in [5, 5.41) is 13.6. The van der Waals surface area contributed by atoms with Crippen molar-refractivity contribution < 1.29 is 9.18 Å². The zero-order valence-electron chi connectivity index (χ0n) is 12.3. The zero-order chi connectivity index (χ0) is 16.9. The Morgan fingerprint density at radius 2 is 1.67 bits per heavy atom. The van der Waals surface area contributed by atoms with Gasteiger partial charge in [-0.2, -0.15) is 0 Å². The average molecular weight is 387 g/mol. The van der Waals surface area contributed by atoms with E-state index in [1.165, 1.54) is 12.1 Å². The van der Waals surface area contributed by atoms with Crippen molar-refractivity contribution in [2.45, 2.75) is 0 Å². The second kappa shape index (κ2) is 7.18. The molecule has 24 heavy (non-hydrogen) atoms. The van der Waals surface area contributed by atoms with Gasteiger partial charge in [-0.1, -0.05) is 22.0 Å². The first kappa shape index (κ1) is 16.1. The van der Waals surface area contributed by atoms with Gasteiger partial charge in [-0.05, 0) is 54.6 Å². The van der Waals surface area contributed by atoms with E-state index in [1.54, 1.807) is 42.5 Å². The van der Waals surface area contributed by atoms with Crippen LogP contribution in [0.25, 0.3) is 0 Å². The van der Waals surface area contributed by atoms with E-state index in [0.717, 1.165) is 4.47 Å². The Morgan fingerprint density at radius 1 is 0.958 bits per heavy atom. The highest BCUT2D eigenvalue weighted by Gasteiger charge is 2.07. The molecule has 0 unspecified atom stereocenters. The number of anilines is 3. The number of hydrogen-bond donors (Lipinski definition) is 2. The van der Waals surface area contributed by atoms with Gasteiger partial charge in [0.25, 0.3) is 5.91 Å². The smallest absolute Gasteiger partial charge is 0.256 e. The van der Waals surface area contributed by atoms with Crippen LogP contribution in [0.15, 0.2) is 65.1 Å². The molecule has 1 heterocycles. The molecule has 0 aliphatic carbocycles. The molecule has 3 aromatic rings. The van der Waals surface area contributed by atoms with Crippen LogP contribution in [0.4, 0.5) is 21.7 Å². The SMILES string of the molecule is O=C(Nc1ccc(Nc2ccc(F)cc2)nn1)c1cccc(Br)c1. The van der Waals surface area contributed by atoms with Crippen molar-refractivity contribution in [3.8, 4) is 0 Å². The van der Waals surface area contributed by atoms with Gasteiger partial charge in [-0.25, -0.2) is 4.39 Å². The van der Waals surface area contributed by atoms with Crippen molar-refractivity contribution in [2.75, 3.05) is 10.6 Å². The third kappa shape index (κ3) is 4.14. The first-order valence-electron chi connectivity index (χ1n) is 7.03. The fourth-order valence-electron chi connectivity index (χ4n) is 1.96. The van der Waals surface area contributed by atoms with Gasteiger partial charge in [0, 0.05) is 15.7 Å². The first-order chi connectivity index (χ1) is 11.6. The van der Waals surface area contributed by atoms with Crippen LogP contribution in [0.5, 0.6) is 0 Å². The third-order valence-electron chi connectivity index (χ3n) is 3.11. The molecule has 0 spiro atoms. The molecular formula is C17H12BrFN4O. The molecule has 0 saturated heterocycles. The summed E-state index contributed by atoms with van der Waals surface area (Å²) in [6.07, 6.45) is 0. The number of rotatable bonds is 4. The van der Waals surface area contributed by atoms with Gasteiger partial charge >= 0.3 is 0 Å². The summed E-state index contributed by atoms with van der Waals surface area (Å²) in [4.78, 5) is 12.1. The van der Waals surface area contributed by atoms with Gasteiger partial charge in [-0.3, -0.25) is 4.79 Å². The summed E-state index contributed by atoms with van der Waals surface area (Å²) >= 11 is 3.32. The van der Waals surface area contributed by atoms with Gasteiger partial charge in [0.05, 0.1) is 0 Å². The number of carbonyl (C=O) groups excluding carboxylic acids is 1. The maximum Gasteiger partial charge on any atom is 0.256 e. The number of nitrogens with zero attached hydrogens (tertiary/aromatic N) is 2. The number of nitrogens with one attached hydrogen (secondary N) is 2. The van der Waals surface area contributed by atoms with Crippen molar-refractivity contribution in [3.63, 3.8) is 0 Å². The molecule has 120 valence electrons. The number of aromatic nitrogens is 2. The van der Waals surface area contributed by atoms with Gasteiger partial charge in [0.2, 0.25) is 0 Å². The van der Waals surface area contributed by atoms with Crippen molar-refractivity contribution >= 4 is 39.2 Å². The molecule has 7 heteroatoms. The van der Waals surface area contributed by atoms with Crippen LogP contribution < -0.4 is 10.6 Å². The summed E-state index contributed by atoms with van der Waals surface area (Å²) < 4.78 is 13.7. The lowest BCUT2D eigenvalue weighted by molar-refractivity contribution is 0.102. The highest BCUT2D eigenvalue weighted by molar-refractivity contribution is 9.10. The van der Waals surface area contributed by atoms with E-state index < -0.39 is 0 Å². The van der Waals surface area contributed by atoms with E-state index in [9.17, 15) is 9.18 Å². The fraction of sp³-hybridized carbons (Fsp3) is 0. The summed E-state index contributed by atoms with van der Waals surface area (Å²) in [5.74, 6) is 0.244. The number of carbonyl (C=O) groups is 1. The number of hydrogen-bond acceptors (Lipinski definition) is 4. The molecule has 0 aliphatic rings. The molecule has 3 rings (SSSR count). The monoisotopic (exact) mass is 386 g/mol. The van der Waals surface area contributed by atoms with E-state index in [1.807, 2.05) is 6.07 Å². The molecule has 0 aliphatic heterocycles. The second-order valence-electron chi connectivity index (χ2n) is 4.90. The Balaban J connectivity index is 1.66. The number of amides is 1. The molecule has 0 atom stereocenters. The largest absolute Gasteiger partial charge is 0.339 e. The minimum atomic E-state index is -0.308. The average Bonchev–Trinajstić information content (AvgIpc) is 2.59. The van der Waals surface area contributed by atoms with Crippen LogP contribution in [0, 0.1) is 5.82 Å². The molecule has 1 amide bonds. The first-order valence-corrected chi connectivity index (χ1v) is 7.83. The lowest BCUT2D eigenvalue weighted by Gasteiger charge is -2.07. The Labute approximate surface area is 146 Å². The fourth-order valence-corrected chi connectivity index (χ4v) is 2.36. The highest BCUT2D eigenvalue weighted by Crippen LogP contribution is 2.16. The van der Waals surface area contributed by atoms with Crippen LogP contribution in [-0.4, -0.2) is 16.1 Å². The standard InChI is InChI=1S/C17H12BrFN4O/c18-12-3-1-2-11(10-12)17(24)21-16-9-8-15(22-23-16)20-14-6-4-13(19)5-7-14/h1-10H,(H,20,22)(H,21,23,24). The Morgan fingerprint density at radius 3 is 2.33 bits per heavy atom.